The topological polar surface area (TPSA) is 41.3 Å². The minimum absolute atomic E-state index is 0.347. The summed E-state index contributed by atoms with van der Waals surface area (Å²) in [5.74, 6) is 0.390. The van der Waals surface area contributed by atoms with Gasteiger partial charge in [0.2, 0.25) is 0 Å². The summed E-state index contributed by atoms with van der Waals surface area (Å²) in [7, 11) is 0. The molecule has 1 aromatic heterocycles. The van der Waals surface area contributed by atoms with Gasteiger partial charge in [0.1, 0.15) is 12.4 Å². The third-order valence-corrected chi connectivity index (χ3v) is 3.00. The van der Waals surface area contributed by atoms with E-state index in [2.05, 4.69) is 4.98 Å². The fourth-order valence-electron chi connectivity index (χ4n) is 2.20. The second kappa shape index (κ2) is 5.27. The molecule has 1 fully saturated rings. The van der Waals surface area contributed by atoms with Crippen molar-refractivity contribution in [2.45, 2.75) is 38.2 Å². The van der Waals surface area contributed by atoms with Crippen LogP contribution in [0.4, 0.5) is 13.2 Å². The van der Waals surface area contributed by atoms with Crippen molar-refractivity contribution in [2.24, 2.45) is 0 Å². The van der Waals surface area contributed by atoms with Crippen LogP contribution in [0.5, 0.6) is 0 Å². The number of aromatic nitrogens is 2. The third kappa shape index (κ3) is 3.71. The first kappa shape index (κ1) is 13.4. The standard InChI is InChI=1S/C11H16F3N3O/c12-11(13,14)8-17-5-3-15-10(17)7-16-4-1-2-9(18)6-16/h3,5,9,18H,1-2,4,6-8H2. The van der Waals surface area contributed by atoms with Crippen molar-refractivity contribution in [3.8, 4) is 0 Å². The van der Waals surface area contributed by atoms with E-state index >= 15 is 0 Å². The fourth-order valence-corrected chi connectivity index (χ4v) is 2.20. The molecule has 2 rings (SSSR count). The number of rotatable bonds is 3. The summed E-state index contributed by atoms with van der Waals surface area (Å²) in [4.78, 5) is 5.89. The molecule has 1 N–H and O–H groups in total. The quantitative estimate of drug-likeness (QED) is 0.896. The van der Waals surface area contributed by atoms with Crippen molar-refractivity contribution in [3.05, 3.63) is 18.2 Å². The zero-order valence-electron chi connectivity index (χ0n) is 9.90. The van der Waals surface area contributed by atoms with Crippen molar-refractivity contribution in [2.75, 3.05) is 13.1 Å². The van der Waals surface area contributed by atoms with Crippen LogP contribution < -0.4 is 0 Å². The zero-order valence-corrected chi connectivity index (χ0v) is 9.90. The van der Waals surface area contributed by atoms with Crippen LogP contribution in [0.15, 0.2) is 12.4 Å². The summed E-state index contributed by atoms with van der Waals surface area (Å²) in [6.07, 6.45) is -0.291. The van der Waals surface area contributed by atoms with Crippen LogP contribution >= 0.6 is 0 Å². The van der Waals surface area contributed by atoms with E-state index in [1.54, 1.807) is 0 Å². The van der Waals surface area contributed by atoms with E-state index in [-0.39, 0.29) is 6.10 Å². The second-order valence-corrected chi connectivity index (χ2v) is 4.62. The highest BCUT2D eigenvalue weighted by Gasteiger charge is 2.29. The first-order chi connectivity index (χ1) is 8.44. The Morgan fingerprint density at radius 2 is 2.22 bits per heavy atom. The molecule has 102 valence electrons. The summed E-state index contributed by atoms with van der Waals surface area (Å²) in [5.41, 5.74) is 0. The zero-order chi connectivity index (χ0) is 13.2. The van der Waals surface area contributed by atoms with Gasteiger partial charge in [0.15, 0.2) is 0 Å². The van der Waals surface area contributed by atoms with Crippen molar-refractivity contribution in [1.29, 1.82) is 0 Å². The number of β-amino-alcohol motifs (C(OH)–C–C–N with tert-alkyl or cyclic N) is 1. The van der Waals surface area contributed by atoms with Crippen molar-refractivity contribution < 1.29 is 18.3 Å². The minimum atomic E-state index is -4.24. The molecule has 1 aliphatic rings. The highest BCUT2D eigenvalue weighted by Crippen LogP contribution is 2.19. The maximum Gasteiger partial charge on any atom is 0.406 e. The highest BCUT2D eigenvalue weighted by atomic mass is 19.4. The lowest BCUT2D eigenvalue weighted by atomic mass is 10.1. The van der Waals surface area contributed by atoms with Gasteiger partial charge in [0.25, 0.3) is 0 Å². The van der Waals surface area contributed by atoms with Gasteiger partial charge >= 0.3 is 6.18 Å². The van der Waals surface area contributed by atoms with E-state index < -0.39 is 12.7 Å². The average Bonchev–Trinajstić information content (AvgIpc) is 2.63. The second-order valence-electron chi connectivity index (χ2n) is 4.62. The number of piperidine rings is 1. The summed E-state index contributed by atoms with van der Waals surface area (Å²) >= 11 is 0. The molecule has 1 saturated heterocycles. The predicted octanol–water partition coefficient (Wildman–Crippen LogP) is 1.40. The lowest BCUT2D eigenvalue weighted by Crippen LogP contribution is -2.38. The third-order valence-electron chi connectivity index (χ3n) is 3.00. The molecule has 0 aromatic carbocycles. The lowest BCUT2D eigenvalue weighted by Gasteiger charge is -2.29. The van der Waals surface area contributed by atoms with Crippen LogP contribution in [0.25, 0.3) is 0 Å². The molecule has 4 nitrogen and oxygen atoms in total. The SMILES string of the molecule is OC1CCCN(Cc2nccn2CC(F)(F)F)C1. The molecule has 0 spiro atoms. The average molecular weight is 263 g/mol. The summed E-state index contributed by atoms with van der Waals surface area (Å²) < 4.78 is 38.1. The van der Waals surface area contributed by atoms with Crippen LogP contribution in [-0.4, -0.2) is 44.9 Å². The molecule has 1 atom stereocenters. The summed E-state index contributed by atoms with van der Waals surface area (Å²) in [6, 6.07) is 0. The van der Waals surface area contributed by atoms with E-state index in [1.165, 1.54) is 12.4 Å². The number of imidazole rings is 1. The lowest BCUT2D eigenvalue weighted by molar-refractivity contribution is -0.141. The van der Waals surface area contributed by atoms with E-state index in [4.69, 9.17) is 0 Å². The number of nitrogens with zero attached hydrogens (tertiary/aromatic N) is 3. The molecule has 0 aliphatic carbocycles. The number of halogens is 3. The van der Waals surface area contributed by atoms with Gasteiger partial charge in [-0.15, -0.1) is 0 Å². The van der Waals surface area contributed by atoms with Gasteiger partial charge in [0.05, 0.1) is 12.6 Å². The normalized spacial score (nSPS) is 22.3. The Labute approximate surface area is 103 Å². The molecular formula is C11H16F3N3O. The molecule has 0 bridgehead atoms. The number of alkyl halides is 3. The molecule has 1 aliphatic heterocycles. The Morgan fingerprint density at radius 3 is 2.89 bits per heavy atom. The van der Waals surface area contributed by atoms with E-state index in [0.717, 1.165) is 24.0 Å². The first-order valence-corrected chi connectivity index (χ1v) is 5.91. The summed E-state index contributed by atoms with van der Waals surface area (Å²) in [6.45, 7) is 0.619. The molecule has 18 heavy (non-hydrogen) atoms. The fraction of sp³-hybridized carbons (Fsp3) is 0.727. The number of aliphatic hydroxyl groups excluding tert-OH is 1. The minimum Gasteiger partial charge on any atom is -0.392 e. The molecular weight excluding hydrogens is 247 g/mol. The van der Waals surface area contributed by atoms with Crippen molar-refractivity contribution in [1.82, 2.24) is 14.5 Å². The number of aliphatic hydroxyl groups is 1. The van der Waals surface area contributed by atoms with Gasteiger partial charge in [0, 0.05) is 18.9 Å². The number of likely N-dealkylation sites (tertiary alicyclic amines) is 1. The van der Waals surface area contributed by atoms with Gasteiger partial charge in [-0.3, -0.25) is 4.90 Å². The van der Waals surface area contributed by atoms with Crippen molar-refractivity contribution >= 4 is 0 Å². The van der Waals surface area contributed by atoms with Crippen LogP contribution in [0.2, 0.25) is 0 Å². The summed E-state index contributed by atoms with van der Waals surface area (Å²) in [5, 5.41) is 9.52. The maximum absolute atomic E-state index is 12.3. The molecule has 2 heterocycles. The molecule has 0 amide bonds. The Morgan fingerprint density at radius 1 is 1.44 bits per heavy atom. The Balaban J connectivity index is 1.99. The number of hydrogen-bond donors (Lipinski definition) is 1. The van der Waals surface area contributed by atoms with E-state index in [9.17, 15) is 18.3 Å². The highest BCUT2D eigenvalue weighted by molar-refractivity contribution is 4.94. The van der Waals surface area contributed by atoms with Gasteiger partial charge < -0.3 is 9.67 Å². The van der Waals surface area contributed by atoms with Crippen molar-refractivity contribution in [3.63, 3.8) is 0 Å². The van der Waals surface area contributed by atoms with Crippen LogP contribution in [0.3, 0.4) is 0 Å². The van der Waals surface area contributed by atoms with Gasteiger partial charge in [-0.25, -0.2) is 4.98 Å². The maximum atomic E-state index is 12.3. The number of hydrogen-bond acceptors (Lipinski definition) is 3. The largest absolute Gasteiger partial charge is 0.406 e. The molecule has 0 saturated carbocycles. The van der Waals surface area contributed by atoms with Gasteiger partial charge in [-0.2, -0.15) is 13.2 Å². The Kier molecular flexibility index (Phi) is 3.91. The Hall–Kier alpha value is -1.08. The molecule has 7 heteroatoms. The van der Waals surface area contributed by atoms with Crippen LogP contribution in [0, 0.1) is 0 Å². The molecule has 1 aromatic rings. The first-order valence-electron chi connectivity index (χ1n) is 5.91. The smallest absolute Gasteiger partial charge is 0.392 e. The molecule has 0 radical (unpaired) electrons. The van der Waals surface area contributed by atoms with Gasteiger partial charge in [-0.05, 0) is 19.4 Å². The van der Waals surface area contributed by atoms with E-state index in [0.29, 0.717) is 18.9 Å². The monoisotopic (exact) mass is 263 g/mol. The molecule has 1 unspecified atom stereocenters. The predicted molar refractivity (Wildman–Crippen MR) is 58.8 cm³/mol. The van der Waals surface area contributed by atoms with Crippen LogP contribution in [-0.2, 0) is 13.1 Å². The van der Waals surface area contributed by atoms with Crippen LogP contribution in [0.1, 0.15) is 18.7 Å². The van der Waals surface area contributed by atoms with E-state index in [1.807, 2.05) is 4.90 Å². The van der Waals surface area contributed by atoms with Gasteiger partial charge in [-0.1, -0.05) is 0 Å². The Bertz CT molecular complexity index is 391.